The number of hydrogen-bond acceptors (Lipinski definition) is 3. The molecule has 1 unspecified atom stereocenters. The molecular weight excluding hydrogens is 342 g/mol. The van der Waals surface area contributed by atoms with Crippen molar-refractivity contribution in [2.45, 2.75) is 19.3 Å². The van der Waals surface area contributed by atoms with Crippen LogP contribution in [0.3, 0.4) is 0 Å². The van der Waals surface area contributed by atoms with Crippen molar-refractivity contribution in [3.63, 3.8) is 0 Å². The second-order valence-electron chi connectivity index (χ2n) is 6.46. The number of nitrogens with zero attached hydrogens (tertiary/aromatic N) is 1. The Hall–Kier alpha value is -1.07. The molecule has 2 fully saturated rings. The molecule has 3 rings (SSSR count). The summed E-state index contributed by atoms with van der Waals surface area (Å²) in [5.41, 5.74) is 1.27. The van der Waals surface area contributed by atoms with E-state index in [2.05, 4.69) is 55.7 Å². The number of carbonyl (C=O) groups excluding carboxylic acids is 1. The molecule has 5 heteroatoms. The maximum Gasteiger partial charge on any atom is 0.233 e. The quantitative estimate of drug-likeness (QED) is 0.779. The number of carbonyl (C=O) groups is 1. The molecule has 0 spiro atoms. The van der Waals surface area contributed by atoms with E-state index in [0.29, 0.717) is 12.5 Å². The molecule has 1 atom stereocenters. The van der Waals surface area contributed by atoms with Crippen LogP contribution in [0.25, 0.3) is 0 Å². The molecule has 1 saturated carbocycles. The zero-order valence-corrected chi connectivity index (χ0v) is 14.4. The van der Waals surface area contributed by atoms with Crippen LogP contribution in [0.15, 0.2) is 28.7 Å². The molecule has 1 aliphatic heterocycles. The Labute approximate surface area is 140 Å². The molecule has 0 aromatic heterocycles. The van der Waals surface area contributed by atoms with Gasteiger partial charge in [-0.1, -0.05) is 15.9 Å². The fourth-order valence-electron chi connectivity index (χ4n) is 2.92. The van der Waals surface area contributed by atoms with Gasteiger partial charge in [-0.3, -0.25) is 4.79 Å². The van der Waals surface area contributed by atoms with Crippen LogP contribution in [0.2, 0.25) is 0 Å². The number of rotatable bonds is 7. The third-order valence-corrected chi connectivity index (χ3v) is 5.01. The lowest BCUT2D eigenvalue weighted by Gasteiger charge is -2.19. The molecule has 4 nitrogen and oxygen atoms in total. The Bertz CT molecular complexity index is 501. The molecule has 2 N–H and O–H groups in total. The normalized spacial score (nSPS) is 21.1. The van der Waals surface area contributed by atoms with Gasteiger partial charge < -0.3 is 15.5 Å². The molecular formula is C17H24BrN3O. The van der Waals surface area contributed by atoms with Crippen LogP contribution < -0.4 is 15.5 Å². The van der Waals surface area contributed by atoms with E-state index in [1.165, 1.54) is 18.5 Å². The Morgan fingerprint density at radius 3 is 2.64 bits per heavy atom. The Morgan fingerprint density at radius 2 is 1.91 bits per heavy atom. The molecule has 1 heterocycles. The van der Waals surface area contributed by atoms with Crippen molar-refractivity contribution in [1.29, 1.82) is 0 Å². The van der Waals surface area contributed by atoms with Crippen molar-refractivity contribution in [3.05, 3.63) is 28.7 Å². The first-order valence-corrected chi connectivity index (χ1v) is 8.98. The van der Waals surface area contributed by atoms with Gasteiger partial charge in [-0.25, -0.2) is 0 Å². The molecule has 2 aliphatic rings. The molecule has 1 aromatic rings. The van der Waals surface area contributed by atoms with Gasteiger partial charge in [-0.15, -0.1) is 0 Å². The second kappa shape index (κ2) is 7.47. The monoisotopic (exact) mass is 365 g/mol. The standard InChI is InChI=1S/C17H24BrN3O/c18-15-3-5-16(6-4-15)21-8-7-14(12-21)10-20-17(22)11-19-9-13-1-2-13/h3-6,13-14,19H,1-2,7-12H2,(H,20,22). The van der Waals surface area contributed by atoms with Crippen LogP contribution in [0.1, 0.15) is 19.3 Å². The first-order chi connectivity index (χ1) is 10.7. The number of halogens is 1. The Balaban J connectivity index is 1.35. The molecule has 22 heavy (non-hydrogen) atoms. The first kappa shape index (κ1) is 15.8. The first-order valence-electron chi connectivity index (χ1n) is 8.18. The van der Waals surface area contributed by atoms with Crippen molar-refractivity contribution in [2.24, 2.45) is 11.8 Å². The minimum atomic E-state index is 0.128. The summed E-state index contributed by atoms with van der Waals surface area (Å²) in [6.07, 6.45) is 3.79. The highest BCUT2D eigenvalue weighted by Crippen LogP contribution is 2.27. The van der Waals surface area contributed by atoms with Gasteiger partial charge in [0.25, 0.3) is 0 Å². The van der Waals surface area contributed by atoms with Crippen molar-refractivity contribution in [2.75, 3.05) is 37.6 Å². The molecule has 1 saturated heterocycles. The summed E-state index contributed by atoms with van der Waals surface area (Å²) >= 11 is 3.47. The van der Waals surface area contributed by atoms with Gasteiger partial charge in [0.1, 0.15) is 0 Å². The van der Waals surface area contributed by atoms with Crippen LogP contribution in [0, 0.1) is 11.8 Å². The highest BCUT2D eigenvalue weighted by atomic mass is 79.9. The lowest BCUT2D eigenvalue weighted by atomic mass is 10.1. The topological polar surface area (TPSA) is 44.4 Å². The molecule has 1 aliphatic carbocycles. The number of amides is 1. The number of anilines is 1. The molecule has 120 valence electrons. The van der Waals surface area contributed by atoms with E-state index in [1.54, 1.807) is 0 Å². The van der Waals surface area contributed by atoms with E-state index >= 15 is 0 Å². The largest absolute Gasteiger partial charge is 0.371 e. The summed E-state index contributed by atoms with van der Waals surface area (Å²) in [5.74, 6) is 1.50. The average Bonchev–Trinajstić information content (AvgIpc) is 3.22. The van der Waals surface area contributed by atoms with E-state index in [1.807, 2.05) is 0 Å². The fourth-order valence-corrected chi connectivity index (χ4v) is 3.18. The SMILES string of the molecule is O=C(CNCC1CC1)NCC1CCN(c2ccc(Br)cc2)C1. The molecule has 0 bridgehead atoms. The van der Waals surface area contributed by atoms with Gasteiger partial charge in [0, 0.05) is 29.8 Å². The summed E-state index contributed by atoms with van der Waals surface area (Å²) in [6.45, 7) is 4.34. The number of benzene rings is 1. The van der Waals surface area contributed by atoms with Gasteiger partial charge in [-0.2, -0.15) is 0 Å². The Kier molecular flexibility index (Phi) is 5.37. The lowest BCUT2D eigenvalue weighted by Crippen LogP contribution is -2.37. The molecule has 0 radical (unpaired) electrons. The van der Waals surface area contributed by atoms with Crippen molar-refractivity contribution >= 4 is 27.5 Å². The summed E-state index contributed by atoms with van der Waals surface area (Å²) < 4.78 is 1.11. The molecule has 1 amide bonds. The fraction of sp³-hybridized carbons (Fsp3) is 0.588. The van der Waals surface area contributed by atoms with Gasteiger partial charge in [0.05, 0.1) is 6.54 Å². The lowest BCUT2D eigenvalue weighted by molar-refractivity contribution is -0.120. The van der Waals surface area contributed by atoms with Crippen LogP contribution >= 0.6 is 15.9 Å². The maximum absolute atomic E-state index is 11.8. The third-order valence-electron chi connectivity index (χ3n) is 4.48. The van der Waals surface area contributed by atoms with Gasteiger partial charge in [-0.05, 0) is 61.9 Å². The maximum atomic E-state index is 11.8. The zero-order valence-electron chi connectivity index (χ0n) is 12.9. The van der Waals surface area contributed by atoms with Gasteiger partial charge >= 0.3 is 0 Å². The van der Waals surface area contributed by atoms with Crippen molar-refractivity contribution in [3.8, 4) is 0 Å². The molecule has 1 aromatic carbocycles. The summed E-state index contributed by atoms with van der Waals surface area (Å²) in [5, 5.41) is 6.30. The summed E-state index contributed by atoms with van der Waals surface area (Å²) in [7, 11) is 0. The number of nitrogens with one attached hydrogen (secondary N) is 2. The van der Waals surface area contributed by atoms with E-state index < -0.39 is 0 Å². The van der Waals surface area contributed by atoms with E-state index in [4.69, 9.17) is 0 Å². The zero-order chi connectivity index (χ0) is 15.4. The minimum absolute atomic E-state index is 0.128. The van der Waals surface area contributed by atoms with E-state index in [-0.39, 0.29) is 5.91 Å². The highest BCUT2D eigenvalue weighted by molar-refractivity contribution is 9.10. The smallest absolute Gasteiger partial charge is 0.233 e. The van der Waals surface area contributed by atoms with Crippen LogP contribution in [-0.4, -0.2) is 38.6 Å². The Morgan fingerprint density at radius 1 is 1.14 bits per heavy atom. The van der Waals surface area contributed by atoms with Crippen LogP contribution in [0.5, 0.6) is 0 Å². The number of hydrogen-bond donors (Lipinski definition) is 2. The van der Waals surface area contributed by atoms with Crippen LogP contribution in [0.4, 0.5) is 5.69 Å². The summed E-state index contributed by atoms with van der Waals surface area (Å²) in [4.78, 5) is 14.2. The second-order valence-corrected chi connectivity index (χ2v) is 7.37. The summed E-state index contributed by atoms with van der Waals surface area (Å²) in [6, 6.07) is 8.45. The predicted octanol–water partition coefficient (Wildman–Crippen LogP) is 2.39. The highest BCUT2D eigenvalue weighted by Gasteiger charge is 2.23. The van der Waals surface area contributed by atoms with Crippen LogP contribution in [-0.2, 0) is 4.79 Å². The predicted molar refractivity (Wildman–Crippen MR) is 93.1 cm³/mol. The van der Waals surface area contributed by atoms with Gasteiger partial charge in [0.15, 0.2) is 0 Å². The minimum Gasteiger partial charge on any atom is -0.371 e. The van der Waals surface area contributed by atoms with Gasteiger partial charge in [0.2, 0.25) is 5.91 Å². The van der Waals surface area contributed by atoms with E-state index in [9.17, 15) is 4.79 Å². The third kappa shape index (κ3) is 4.71. The van der Waals surface area contributed by atoms with Crippen molar-refractivity contribution in [1.82, 2.24) is 10.6 Å². The average molecular weight is 366 g/mol. The van der Waals surface area contributed by atoms with Crippen molar-refractivity contribution < 1.29 is 4.79 Å². The van der Waals surface area contributed by atoms with E-state index in [0.717, 1.165) is 43.0 Å².